The second-order valence-electron chi connectivity index (χ2n) is 4.56. The SMILES string of the molecule is CCC(C)(CN)OCC(=O)NCc1ccccc1. The molecule has 1 unspecified atom stereocenters. The summed E-state index contributed by atoms with van der Waals surface area (Å²) in [5.74, 6) is -0.119. The lowest BCUT2D eigenvalue weighted by Crippen LogP contribution is -2.40. The predicted octanol–water partition coefficient (Wildman–Crippen LogP) is 1.45. The van der Waals surface area contributed by atoms with Crippen LogP contribution in [-0.2, 0) is 16.1 Å². The van der Waals surface area contributed by atoms with E-state index in [1.807, 2.05) is 44.2 Å². The highest BCUT2D eigenvalue weighted by atomic mass is 16.5. The first kappa shape index (κ1) is 14.7. The molecule has 4 nitrogen and oxygen atoms in total. The van der Waals surface area contributed by atoms with E-state index in [0.717, 1.165) is 12.0 Å². The number of hydrogen-bond donors (Lipinski definition) is 2. The average molecular weight is 250 g/mol. The lowest BCUT2D eigenvalue weighted by Gasteiger charge is -2.26. The fourth-order valence-electron chi connectivity index (χ4n) is 1.39. The Morgan fingerprint density at radius 1 is 1.39 bits per heavy atom. The average Bonchev–Trinajstić information content (AvgIpc) is 2.43. The Bertz CT molecular complexity index is 361. The van der Waals surface area contributed by atoms with Crippen molar-refractivity contribution in [3.63, 3.8) is 0 Å². The van der Waals surface area contributed by atoms with Crippen LogP contribution < -0.4 is 11.1 Å². The van der Waals surface area contributed by atoms with Crippen molar-refractivity contribution in [2.24, 2.45) is 5.73 Å². The van der Waals surface area contributed by atoms with Crippen LogP contribution >= 0.6 is 0 Å². The van der Waals surface area contributed by atoms with Gasteiger partial charge in [-0.1, -0.05) is 37.3 Å². The maximum atomic E-state index is 11.6. The molecule has 1 atom stereocenters. The third kappa shape index (κ3) is 4.85. The zero-order valence-corrected chi connectivity index (χ0v) is 11.1. The van der Waals surface area contributed by atoms with E-state index in [2.05, 4.69) is 5.32 Å². The van der Waals surface area contributed by atoms with E-state index >= 15 is 0 Å². The van der Waals surface area contributed by atoms with Gasteiger partial charge in [-0.3, -0.25) is 4.79 Å². The summed E-state index contributed by atoms with van der Waals surface area (Å²) < 4.78 is 5.54. The summed E-state index contributed by atoms with van der Waals surface area (Å²) in [6, 6.07) is 9.78. The highest BCUT2D eigenvalue weighted by molar-refractivity contribution is 5.77. The van der Waals surface area contributed by atoms with Crippen molar-refractivity contribution in [2.45, 2.75) is 32.4 Å². The molecule has 18 heavy (non-hydrogen) atoms. The molecule has 1 aromatic rings. The Hall–Kier alpha value is -1.39. The van der Waals surface area contributed by atoms with E-state index in [0.29, 0.717) is 13.1 Å². The molecule has 0 aliphatic rings. The van der Waals surface area contributed by atoms with Gasteiger partial charge in [0.1, 0.15) is 6.61 Å². The molecule has 1 aromatic carbocycles. The van der Waals surface area contributed by atoms with Crippen LogP contribution in [0, 0.1) is 0 Å². The lowest BCUT2D eigenvalue weighted by molar-refractivity contribution is -0.132. The van der Waals surface area contributed by atoms with Crippen molar-refractivity contribution >= 4 is 5.91 Å². The number of nitrogens with one attached hydrogen (secondary N) is 1. The van der Waals surface area contributed by atoms with Gasteiger partial charge < -0.3 is 15.8 Å². The second kappa shape index (κ2) is 7.13. The van der Waals surface area contributed by atoms with Crippen LogP contribution in [0.3, 0.4) is 0 Å². The lowest BCUT2D eigenvalue weighted by atomic mass is 10.0. The van der Waals surface area contributed by atoms with E-state index in [1.54, 1.807) is 0 Å². The fraction of sp³-hybridized carbons (Fsp3) is 0.500. The number of hydrogen-bond acceptors (Lipinski definition) is 3. The molecule has 0 aliphatic carbocycles. The number of benzene rings is 1. The highest BCUT2D eigenvalue weighted by Crippen LogP contribution is 2.12. The Labute approximate surface area is 109 Å². The standard InChI is InChI=1S/C14H22N2O2/c1-3-14(2,11-15)18-10-13(17)16-9-12-7-5-4-6-8-12/h4-8H,3,9-11,15H2,1-2H3,(H,16,17). The van der Waals surface area contributed by atoms with Crippen molar-refractivity contribution in [2.75, 3.05) is 13.2 Å². The Balaban J connectivity index is 2.30. The zero-order valence-electron chi connectivity index (χ0n) is 11.1. The third-order valence-corrected chi connectivity index (χ3v) is 3.06. The summed E-state index contributed by atoms with van der Waals surface area (Å²) in [7, 11) is 0. The van der Waals surface area contributed by atoms with Crippen LogP contribution in [0.5, 0.6) is 0 Å². The van der Waals surface area contributed by atoms with Crippen LogP contribution in [0.15, 0.2) is 30.3 Å². The fourth-order valence-corrected chi connectivity index (χ4v) is 1.39. The largest absolute Gasteiger partial charge is 0.364 e. The number of nitrogens with two attached hydrogens (primary N) is 1. The number of ether oxygens (including phenoxy) is 1. The molecule has 0 heterocycles. The maximum absolute atomic E-state index is 11.6. The second-order valence-corrected chi connectivity index (χ2v) is 4.56. The van der Waals surface area contributed by atoms with Crippen molar-refractivity contribution in [3.8, 4) is 0 Å². The van der Waals surface area contributed by atoms with Crippen LogP contribution in [0.1, 0.15) is 25.8 Å². The van der Waals surface area contributed by atoms with Crippen LogP contribution in [0.4, 0.5) is 0 Å². The summed E-state index contributed by atoms with van der Waals surface area (Å²) >= 11 is 0. The number of carbonyl (C=O) groups is 1. The predicted molar refractivity (Wildman–Crippen MR) is 72.0 cm³/mol. The van der Waals surface area contributed by atoms with Gasteiger partial charge in [0.2, 0.25) is 5.91 Å². The normalized spacial score (nSPS) is 13.9. The molecule has 3 N–H and O–H groups in total. The topological polar surface area (TPSA) is 64.3 Å². The quantitative estimate of drug-likeness (QED) is 0.769. The molecule has 1 rings (SSSR count). The van der Waals surface area contributed by atoms with Gasteiger partial charge in [-0.05, 0) is 18.9 Å². The van der Waals surface area contributed by atoms with Gasteiger partial charge in [0.05, 0.1) is 5.60 Å². The molecule has 0 bridgehead atoms. The molecule has 1 amide bonds. The van der Waals surface area contributed by atoms with E-state index in [1.165, 1.54) is 0 Å². The minimum atomic E-state index is -0.413. The van der Waals surface area contributed by atoms with E-state index < -0.39 is 5.60 Å². The first-order valence-corrected chi connectivity index (χ1v) is 6.24. The summed E-state index contributed by atoms with van der Waals surface area (Å²) in [5.41, 5.74) is 6.27. The van der Waals surface area contributed by atoms with E-state index in [9.17, 15) is 4.79 Å². The van der Waals surface area contributed by atoms with Crippen LogP contribution in [-0.4, -0.2) is 24.7 Å². The molecule has 0 saturated carbocycles. The van der Waals surface area contributed by atoms with Gasteiger partial charge in [-0.15, -0.1) is 0 Å². The number of rotatable bonds is 7. The van der Waals surface area contributed by atoms with Gasteiger partial charge in [0, 0.05) is 13.1 Å². The molecule has 0 radical (unpaired) electrons. The molecule has 100 valence electrons. The van der Waals surface area contributed by atoms with Crippen molar-refractivity contribution < 1.29 is 9.53 Å². The molecule has 0 fully saturated rings. The minimum Gasteiger partial charge on any atom is -0.364 e. The molecule has 0 spiro atoms. The first-order chi connectivity index (χ1) is 8.59. The van der Waals surface area contributed by atoms with Crippen LogP contribution in [0.25, 0.3) is 0 Å². The van der Waals surface area contributed by atoms with Gasteiger partial charge in [-0.25, -0.2) is 0 Å². The molecular weight excluding hydrogens is 228 g/mol. The van der Waals surface area contributed by atoms with Gasteiger partial charge in [0.15, 0.2) is 0 Å². The number of carbonyl (C=O) groups excluding carboxylic acids is 1. The van der Waals surface area contributed by atoms with Crippen LogP contribution in [0.2, 0.25) is 0 Å². The molecule has 0 saturated heterocycles. The molecule has 0 aromatic heterocycles. The minimum absolute atomic E-state index is 0.0500. The summed E-state index contributed by atoms with van der Waals surface area (Å²) in [6.07, 6.45) is 0.787. The molecule has 0 aliphatic heterocycles. The van der Waals surface area contributed by atoms with Crippen molar-refractivity contribution in [1.29, 1.82) is 0 Å². The molecule has 4 heteroatoms. The smallest absolute Gasteiger partial charge is 0.246 e. The summed E-state index contributed by atoms with van der Waals surface area (Å²) in [4.78, 5) is 11.6. The van der Waals surface area contributed by atoms with E-state index in [4.69, 9.17) is 10.5 Å². The van der Waals surface area contributed by atoms with Crippen molar-refractivity contribution in [1.82, 2.24) is 5.32 Å². The Morgan fingerprint density at radius 2 is 2.06 bits per heavy atom. The van der Waals surface area contributed by atoms with Gasteiger partial charge in [-0.2, -0.15) is 0 Å². The molecular formula is C14H22N2O2. The van der Waals surface area contributed by atoms with Gasteiger partial charge in [0.25, 0.3) is 0 Å². The third-order valence-electron chi connectivity index (χ3n) is 3.06. The highest BCUT2D eigenvalue weighted by Gasteiger charge is 2.21. The first-order valence-electron chi connectivity index (χ1n) is 6.24. The Morgan fingerprint density at radius 3 is 2.61 bits per heavy atom. The number of amides is 1. The summed E-state index contributed by atoms with van der Waals surface area (Å²) in [5, 5.41) is 2.81. The summed E-state index contributed by atoms with van der Waals surface area (Å²) in [6.45, 7) is 4.89. The zero-order chi connectivity index (χ0) is 13.4. The monoisotopic (exact) mass is 250 g/mol. The van der Waals surface area contributed by atoms with Crippen molar-refractivity contribution in [3.05, 3.63) is 35.9 Å². The van der Waals surface area contributed by atoms with E-state index in [-0.39, 0.29) is 12.5 Å². The maximum Gasteiger partial charge on any atom is 0.246 e. The van der Waals surface area contributed by atoms with Gasteiger partial charge >= 0.3 is 0 Å². The Kier molecular flexibility index (Phi) is 5.82.